The molecule has 8 heteroatoms. The highest BCUT2D eigenvalue weighted by Gasteiger charge is 2.22. The molecule has 2 aromatic rings. The molecular weight excluding hydrogens is 380 g/mol. The molecule has 2 N–H and O–H groups in total. The summed E-state index contributed by atoms with van der Waals surface area (Å²) < 4.78 is 32.7. The highest BCUT2D eigenvalue weighted by atomic mass is 19.1. The third-order valence-corrected chi connectivity index (χ3v) is 4.03. The van der Waals surface area contributed by atoms with Crippen LogP contribution in [0.1, 0.15) is 22.8 Å². The molecule has 29 heavy (non-hydrogen) atoms. The van der Waals surface area contributed by atoms with Gasteiger partial charge in [-0.15, -0.1) is 0 Å². The highest BCUT2D eigenvalue weighted by molar-refractivity contribution is 6.45. The Hall–Kier alpha value is -3.55. The summed E-state index contributed by atoms with van der Waals surface area (Å²) in [7, 11) is 2.93. The molecule has 0 heterocycles. The predicted molar refractivity (Wildman–Crippen MR) is 106 cm³/mol. The van der Waals surface area contributed by atoms with Crippen molar-refractivity contribution >= 4 is 17.5 Å². The van der Waals surface area contributed by atoms with Gasteiger partial charge in [0.1, 0.15) is 28.7 Å². The van der Waals surface area contributed by atoms with Crippen LogP contribution in [0.15, 0.2) is 59.2 Å². The molecule has 0 unspecified atom stereocenters. The molecule has 0 saturated heterocycles. The summed E-state index contributed by atoms with van der Waals surface area (Å²) in [6, 6.07) is 10.2. The Labute approximate surface area is 167 Å². The summed E-state index contributed by atoms with van der Waals surface area (Å²) in [5.41, 5.74) is 0.0496. The molecule has 0 aromatic heterocycles. The lowest BCUT2D eigenvalue weighted by molar-refractivity contribution is -0.114. The van der Waals surface area contributed by atoms with Crippen LogP contribution in [0, 0.1) is 11.6 Å². The first kappa shape index (κ1) is 21.7. The molecule has 6 nitrogen and oxygen atoms in total. The van der Waals surface area contributed by atoms with Crippen LogP contribution in [0.2, 0.25) is 0 Å². The van der Waals surface area contributed by atoms with Gasteiger partial charge in [-0.25, -0.2) is 8.78 Å². The lowest BCUT2D eigenvalue weighted by Gasteiger charge is -2.13. The molecule has 152 valence electrons. The number of hydrogen-bond donors (Lipinski definition) is 2. The molecular formula is C21H21F2N3O3. The highest BCUT2D eigenvalue weighted by Crippen LogP contribution is 2.13. The number of halogens is 2. The van der Waals surface area contributed by atoms with Crippen LogP contribution in [-0.4, -0.2) is 31.7 Å². The van der Waals surface area contributed by atoms with Crippen LogP contribution in [-0.2, 0) is 11.3 Å². The van der Waals surface area contributed by atoms with E-state index in [-0.39, 0.29) is 18.0 Å². The monoisotopic (exact) mass is 401 g/mol. The third-order valence-electron chi connectivity index (χ3n) is 4.03. The number of carbonyl (C=O) groups is 2. The fourth-order valence-electron chi connectivity index (χ4n) is 2.52. The average Bonchev–Trinajstić information content (AvgIpc) is 2.72. The summed E-state index contributed by atoms with van der Waals surface area (Å²) in [6.45, 7) is 1.78. The van der Waals surface area contributed by atoms with E-state index in [1.807, 2.05) is 0 Å². The van der Waals surface area contributed by atoms with E-state index in [1.54, 1.807) is 38.3 Å². The van der Waals surface area contributed by atoms with Crippen molar-refractivity contribution in [2.45, 2.75) is 13.5 Å². The van der Waals surface area contributed by atoms with Crippen molar-refractivity contribution in [1.29, 1.82) is 0 Å². The Morgan fingerprint density at radius 2 is 1.72 bits per heavy atom. The van der Waals surface area contributed by atoms with Gasteiger partial charge in [-0.3, -0.25) is 14.6 Å². The number of hydrogen-bond acceptors (Lipinski definition) is 4. The molecule has 0 radical (unpaired) electrons. The Bertz CT molecular complexity index is 934. The molecule has 2 amide bonds. The van der Waals surface area contributed by atoms with Crippen LogP contribution in [0.4, 0.5) is 8.78 Å². The van der Waals surface area contributed by atoms with E-state index in [4.69, 9.17) is 4.74 Å². The first-order chi connectivity index (χ1) is 13.9. The molecule has 0 bridgehead atoms. The normalized spacial score (nSPS) is 11.8. The van der Waals surface area contributed by atoms with Crippen molar-refractivity contribution in [2.24, 2.45) is 4.99 Å². The number of amides is 2. The van der Waals surface area contributed by atoms with Gasteiger partial charge in [0.05, 0.1) is 12.8 Å². The van der Waals surface area contributed by atoms with Crippen molar-refractivity contribution < 1.29 is 23.1 Å². The Morgan fingerprint density at radius 1 is 1.10 bits per heavy atom. The lowest BCUT2D eigenvalue weighted by Crippen LogP contribution is -2.38. The van der Waals surface area contributed by atoms with Crippen LogP contribution < -0.4 is 15.4 Å². The van der Waals surface area contributed by atoms with E-state index in [1.165, 1.54) is 13.1 Å². The SMILES string of the molecule is C/C=C(NC(=O)c1c(F)cccc1F)\C(=N/C)C(=O)NCc1ccc(OC)cc1. The summed E-state index contributed by atoms with van der Waals surface area (Å²) in [5.74, 6) is -2.88. The number of aliphatic imine (C=N–C) groups is 1. The molecule has 0 fully saturated rings. The summed E-state index contributed by atoms with van der Waals surface area (Å²) in [6.07, 6.45) is 1.42. The summed E-state index contributed by atoms with van der Waals surface area (Å²) in [5, 5.41) is 5.03. The molecule has 2 aromatic carbocycles. The van der Waals surface area contributed by atoms with E-state index in [9.17, 15) is 18.4 Å². The largest absolute Gasteiger partial charge is 0.497 e. The molecule has 0 spiro atoms. The van der Waals surface area contributed by atoms with Gasteiger partial charge in [0.2, 0.25) is 0 Å². The molecule has 0 aliphatic heterocycles. The standard InChI is InChI=1S/C21H21F2N3O3/c1-4-17(26-20(27)18-15(22)6-5-7-16(18)23)19(24-2)21(28)25-12-13-8-10-14(29-3)11-9-13/h4-11H,12H2,1-3H3,(H,25,28)(H,26,27)/b17-4+,24-19+. The molecule has 0 aliphatic rings. The van der Waals surface area contributed by atoms with E-state index in [2.05, 4.69) is 15.6 Å². The van der Waals surface area contributed by atoms with Gasteiger partial charge < -0.3 is 15.4 Å². The fraction of sp³-hybridized carbons (Fsp3) is 0.190. The smallest absolute Gasteiger partial charge is 0.271 e. The zero-order valence-corrected chi connectivity index (χ0v) is 16.3. The minimum atomic E-state index is -1.02. The number of ether oxygens (including phenoxy) is 1. The topological polar surface area (TPSA) is 79.8 Å². The van der Waals surface area contributed by atoms with Crippen LogP contribution >= 0.6 is 0 Å². The Morgan fingerprint density at radius 3 is 2.24 bits per heavy atom. The van der Waals surface area contributed by atoms with Crippen LogP contribution in [0.3, 0.4) is 0 Å². The van der Waals surface area contributed by atoms with E-state index < -0.39 is 29.0 Å². The number of methoxy groups -OCH3 is 1. The maximum absolute atomic E-state index is 13.8. The van der Waals surface area contributed by atoms with Gasteiger partial charge in [-0.2, -0.15) is 0 Å². The predicted octanol–water partition coefficient (Wildman–Crippen LogP) is 2.99. The first-order valence-corrected chi connectivity index (χ1v) is 8.71. The van der Waals surface area contributed by atoms with Gasteiger partial charge in [0.25, 0.3) is 11.8 Å². The second-order valence-electron chi connectivity index (χ2n) is 5.86. The number of allylic oxidation sites excluding steroid dienone is 1. The Kier molecular flexibility index (Phi) is 7.59. The minimum absolute atomic E-state index is 0.0346. The number of rotatable bonds is 7. The Balaban J connectivity index is 2.09. The van der Waals surface area contributed by atoms with Crippen molar-refractivity contribution in [3.63, 3.8) is 0 Å². The number of carbonyl (C=O) groups excluding carboxylic acids is 2. The van der Waals surface area contributed by atoms with Crippen molar-refractivity contribution in [1.82, 2.24) is 10.6 Å². The molecule has 2 rings (SSSR count). The third kappa shape index (κ3) is 5.47. The molecule has 0 saturated carbocycles. The number of nitrogens with zero attached hydrogens (tertiary/aromatic N) is 1. The van der Waals surface area contributed by atoms with E-state index in [0.29, 0.717) is 5.75 Å². The van der Waals surface area contributed by atoms with Crippen LogP contribution in [0.25, 0.3) is 0 Å². The quantitative estimate of drug-likeness (QED) is 0.700. The molecule has 0 atom stereocenters. The van der Waals surface area contributed by atoms with Gasteiger partial charge in [-0.05, 0) is 36.8 Å². The first-order valence-electron chi connectivity index (χ1n) is 8.71. The van der Waals surface area contributed by atoms with Crippen LogP contribution in [0.5, 0.6) is 5.75 Å². The number of nitrogens with one attached hydrogen (secondary N) is 2. The second kappa shape index (κ2) is 10.1. The van der Waals surface area contributed by atoms with E-state index >= 15 is 0 Å². The van der Waals surface area contributed by atoms with Crippen molar-refractivity contribution in [3.8, 4) is 5.75 Å². The summed E-state index contributed by atoms with van der Waals surface area (Å²) in [4.78, 5) is 28.7. The second-order valence-corrected chi connectivity index (χ2v) is 5.86. The molecule has 0 aliphatic carbocycles. The van der Waals surface area contributed by atoms with Gasteiger partial charge in [0, 0.05) is 13.6 Å². The fourth-order valence-corrected chi connectivity index (χ4v) is 2.52. The van der Waals surface area contributed by atoms with Crippen molar-refractivity contribution in [3.05, 3.63) is 77.0 Å². The summed E-state index contributed by atoms with van der Waals surface area (Å²) >= 11 is 0. The maximum Gasteiger partial charge on any atom is 0.271 e. The number of benzene rings is 2. The zero-order chi connectivity index (χ0) is 21.4. The van der Waals surface area contributed by atoms with E-state index in [0.717, 1.165) is 23.8 Å². The zero-order valence-electron chi connectivity index (χ0n) is 16.3. The average molecular weight is 401 g/mol. The maximum atomic E-state index is 13.8. The lowest BCUT2D eigenvalue weighted by atomic mass is 10.1. The van der Waals surface area contributed by atoms with Gasteiger partial charge in [0.15, 0.2) is 0 Å². The minimum Gasteiger partial charge on any atom is -0.497 e. The van der Waals surface area contributed by atoms with Crippen molar-refractivity contribution in [2.75, 3.05) is 14.2 Å². The van der Waals surface area contributed by atoms with Gasteiger partial charge >= 0.3 is 0 Å². The van der Waals surface area contributed by atoms with Gasteiger partial charge in [-0.1, -0.05) is 24.3 Å².